The predicted octanol–water partition coefficient (Wildman–Crippen LogP) is -0.147. The van der Waals surface area contributed by atoms with Crippen LogP contribution >= 0.6 is 12.6 Å². The van der Waals surface area contributed by atoms with Crippen LogP contribution < -0.4 is 0 Å². The molecule has 3 heteroatoms. The fraction of sp³-hybridized carbons (Fsp3) is 1.00. The van der Waals surface area contributed by atoms with Crippen molar-refractivity contribution in [1.29, 1.82) is 0 Å². The summed E-state index contributed by atoms with van der Waals surface area (Å²) in [5, 5.41) is 0. The standard InChI is InChI=1S/C3H8S.Na.H2O.H/c1-2-3-4;;;/h4H,2-3H2,1H3;;1H2;. The van der Waals surface area contributed by atoms with E-state index < -0.39 is 0 Å². The van der Waals surface area contributed by atoms with Crippen LogP contribution in [0.15, 0.2) is 0 Å². The van der Waals surface area contributed by atoms with Crippen molar-refractivity contribution < 1.29 is 5.48 Å². The molecule has 0 bridgehead atoms. The topological polar surface area (TPSA) is 31.5 Å². The van der Waals surface area contributed by atoms with Crippen molar-refractivity contribution in [3.05, 3.63) is 0 Å². The second-order valence-electron chi connectivity index (χ2n) is 0.724. The van der Waals surface area contributed by atoms with Gasteiger partial charge in [-0.2, -0.15) is 12.6 Å². The molecule has 0 atom stereocenters. The first-order chi connectivity index (χ1) is 1.91. The molecule has 6 heavy (non-hydrogen) atoms. The molecule has 0 aromatic heterocycles. The van der Waals surface area contributed by atoms with E-state index in [2.05, 4.69) is 19.6 Å². The van der Waals surface area contributed by atoms with Crippen molar-refractivity contribution in [3.63, 3.8) is 0 Å². The van der Waals surface area contributed by atoms with Gasteiger partial charge in [0.2, 0.25) is 0 Å². The molecule has 0 unspecified atom stereocenters. The van der Waals surface area contributed by atoms with Gasteiger partial charge in [0, 0.05) is 0 Å². The second kappa shape index (κ2) is 16.2. The van der Waals surface area contributed by atoms with Crippen LogP contribution in [0.1, 0.15) is 13.3 Å². The van der Waals surface area contributed by atoms with Crippen LogP contribution in [0.5, 0.6) is 0 Å². The van der Waals surface area contributed by atoms with E-state index in [0.29, 0.717) is 0 Å². The molecule has 0 aliphatic carbocycles. The molecule has 0 aliphatic heterocycles. The van der Waals surface area contributed by atoms with E-state index in [0.717, 1.165) is 5.75 Å². The summed E-state index contributed by atoms with van der Waals surface area (Å²) in [4.78, 5) is 0. The number of hydrogen-bond donors (Lipinski definition) is 1. The Labute approximate surface area is 66.5 Å². The molecule has 0 amide bonds. The molecule has 0 radical (unpaired) electrons. The number of thiol groups is 1. The van der Waals surface area contributed by atoms with Gasteiger partial charge in [-0.05, 0) is 12.2 Å². The fourth-order valence-corrected chi connectivity index (χ4v) is 0. The molecule has 0 fully saturated rings. The van der Waals surface area contributed by atoms with E-state index in [1.807, 2.05) is 0 Å². The van der Waals surface area contributed by atoms with Gasteiger partial charge < -0.3 is 5.48 Å². The molecule has 0 aromatic carbocycles. The Kier molecular flexibility index (Phi) is 42.4. The first-order valence-electron chi connectivity index (χ1n) is 1.52. The van der Waals surface area contributed by atoms with E-state index >= 15 is 0 Å². The summed E-state index contributed by atoms with van der Waals surface area (Å²) in [6.45, 7) is 2.10. The molecule has 0 saturated heterocycles. The van der Waals surface area contributed by atoms with Crippen LogP contribution in [0.3, 0.4) is 0 Å². The summed E-state index contributed by atoms with van der Waals surface area (Å²) in [6, 6.07) is 0. The molecule has 36 valence electrons. The molecule has 0 saturated carbocycles. The van der Waals surface area contributed by atoms with Crippen molar-refractivity contribution in [2.75, 3.05) is 5.75 Å². The van der Waals surface area contributed by atoms with Gasteiger partial charge in [0.25, 0.3) is 0 Å². The third kappa shape index (κ3) is 18.5. The second-order valence-corrected chi connectivity index (χ2v) is 1.17. The van der Waals surface area contributed by atoms with E-state index in [-0.39, 0.29) is 35.0 Å². The summed E-state index contributed by atoms with van der Waals surface area (Å²) < 4.78 is 0. The normalized spacial score (nSPS) is 5.00. The van der Waals surface area contributed by atoms with Crippen LogP contribution in [0.2, 0.25) is 0 Å². The number of hydrogen-bond acceptors (Lipinski definition) is 1. The zero-order chi connectivity index (χ0) is 3.41. The maximum atomic E-state index is 3.92. The van der Waals surface area contributed by atoms with Crippen LogP contribution in [0.4, 0.5) is 0 Å². The molecule has 0 spiro atoms. The predicted molar refractivity (Wildman–Crippen MR) is 34.9 cm³/mol. The van der Waals surface area contributed by atoms with Crippen molar-refractivity contribution in [2.45, 2.75) is 13.3 Å². The van der Waals surface area contributed by atoms with E-state index in [4.69, 9.17) is 0 Å². The average Bonchev–Trinajstić information content (AvgIpc) is 1.37. The van der Waals surface area contributed by atoms with Gasteiger partial charge in [0.15, 0.2) is 0 Å². The van der Waals surface area contributed by atoms with Gasteiger partial charge in [-0.25, -0.2) is 0 Å². The molecular weight excluding hydrogens is 107 g/mol. The van der Waals surface area contributed by atoms with E-state index in [1.54, 1.807) is 0 Å². The van der Waals surface area contributed by atoms with Crippen molar-refractivity contribution in [1.82, 2.24) is 0 Å². The summed E-state index contributed by atoms with van der Waals surface area (Å²) in [6.07, 6.45) is 1.18. The van der Waals surface area contributed by atoms with E-state index in [9.17, 15) is 0 Å². The summed E-state index contributed by atoms with van der Waals surface area (Å²) in [7, 11) is 0. The Morgan fingerprint density at radius 2 is 1.67 bits per heavy atom. The zero-order valence-electron chi connectivity index (χ0n) is 3.36. The Hall–Kier alpha value is 1.31. The van der Waals surface area contributed by atoms with Gasteiger partial charge in [0.05, 0.1) is 0 Å². The minimum atomic E-state index is 0. The van der Waals surface area contributed by atoms with Crippen LogP contribution in [0, 0.1) is 0 Å². The molecule has 0 rings (SSSR count). The van der Waals surface area contributed by atoms with Gasteiger partial charge in [-0.3, -0.25) is 0 Å². The average molecular weight is 118 g/mol. The van der Waals surface area contributed by atoms with Crippen LogP contribution in [-0.2, 0) is 0 Å². The Morgan fingerprint density at radius 3 is 1.67 bits per heavy atom. The summed E-state index contributed by atoms with van der Waals surface area (Å²) >= 11 is 3.92. The Bertz CT molecular complexity index is 12.8. The van der Waals surface area contributed by atoms with Crippen molar-refractivity contribution >= 4 is 42.2 Å². The molecule has 2 N–H and O–H groups in total. The van der Waals surface area contributed by atoms with E-state index in [1.165, 1.54) is 6.42 Å². The zero-order valence-corrected chi connectivity index (χ0v) is 4.26. The Balaban J connectivity index is -0.0000000450. The van der Waals surface area contributed by atoms with Gasteiger partial charge in [0.1, 0.15) is 0 Å². The maximum absolute atomic E-state index is 3.92. The van der Waals surface area contributed by atoms with Gasteiger partial charge >= 0.3 is 29.6 Å². The van der Waals surface area contributed by atoms with Crippen LogP contribution in [0.25, 0.3) is 0 Å². The fourth-order valence-electron chi connectivity index (χ4n) is 0. The molecule has 0 aromatic rings. The van der Waals surface area contributed by atoms with Gasteiger partial charge in [-0.15, -0.1) is 0 Å². The van der Waals surface area contributed by atoms with Crippen LogP contribution in [-0.4, -0.2) is 40.8 Å². The van der Waals surface area contributed by atoms with Crippen molar-refractivity contribution in [3.8, 4) is 0 Å². The SMILES string of the molecule is CCCS.O.[NaH]. The summed E-state index contributed by atoms with van der Waals surface area (Å²) in [5.41, 5.74) is 0. The monoisotopic (exact) mass is 118 g/mol. The first kappa shape index (κ1) is 15.7. The molecule has 1 nitrogen and oxygen atoms in total. The first-order valence-corrected chi connectivity index (χ1v) is 2.16. The number of rotatable bonds is 1. The van der Waals surface area contributed by atoms with Gasteiger partial charge in [-0.1, -0.05) is 6.92 Å². The quantitative estimate of drug-likeness (QED) is 0.367. The Morgan fingerprint density at radius 1 is 1.50 bits per heavy atom. The third-order valence-electron chi connectivity index (χ3n) is 0.224. The molecule has 0 heterocycles. The van der Waals surface area contributed by atoms with Crippen molar-refractivity contribution in [2.24, 2.45) is 0 Å². The summed E-state index contributed by atoms with van der Waals surface area (Å²) in [5.74, 6) is 1.01. The third-order valence-corrected chi connectivity index (χ3v) is 0.671. The minimum absolute atomic E-state index is 0. The molecular formula is C3H11NaOS. The molecule has 0 aliphatic rings.